The smallest absolute Gasteiger partial charge is 0.306 e. The molecule has 1 aliphatic rings. The molecule has 2 unspecified atom stereocenters. The number of nitro benzene ring substituents is 1. The molecule has 6 nitrogen and oxygen atoms in total. The van der Waals surface area contributed by atoms with Crippen LogP contribution in [0.2, 0.25) is 0 Å². The van der Waals surface area contributed by atoms with Crippen molar-refractivity contribution in [1.82, 2.24) is 5.32 Å². The van der Waals surface area contributed by atoms with Crippen LogP contribution in [-0.2, 0) is 4.79 Å². The van der Waals surface area contributed by atoms with Crippen molar-refractivity contribution in [3.63, 3.8) is 0 Å². The molecule has 2 atom stereocenters. The van der Waals surface area contributed by atoms with E-state index in [1.165, 1.54) is 12.5 Å². The van der Waals surface area contributed by atoms with Crippen LogP contribution in [0.4, 0.5) is 15.8 Å². The van der Waals surface area contributed by atoms with E-state index in [1.807, 2.05) is 0 Å². The molecule has 1 aromatic rings. The van der Waals surface area contributed by atoms with Gasteiger partial charge in [-0.05, 0) is 30.9 Å². The number of nitrogens with one attached hydrogen (secondary N) is 2. The summed E-state index contributed by atoms with van der Waals surface area (Å²) in [5.74, 6) is -0.591. The molecule has 0 heterocycles. The lowest BCUT2D eigenvalue weighted by Gasteiger charge is -2.29. The van der Waals surface area contributed by atoms with Crippen LogP contribution in [0, 0.1) is 21.8 Å². The first-order chi connectivity index (χ1) is 10.5. The van der Waals surface area contributed by atoms with E-state index in [2.05, 4.69) is 17.6 Å². The predicted molar refractivity (Wildman–Crippen MR) is 81.1 cm³/mol. The molecule has 1 amide bonds. The Morgan fingerprint density at radius 1 is 1.41 bits per heavy atom. The minimum atomic E-state index is -0.893. The highest BCUT2D eigenvalue weighted by Gasteiger charge is 2.22. The normalized spacial score (nSPS) is 21.2. The van der Waals surface area contributed by atoms with Gasteiger partial charge < -0.3 is 10.6 Å². The Bertz CT molecular complexity index is 565. The fourth-order valence-corrected chi connectivity index (χ4v) is 2.73. The average Bonchev–Trinajstić information content (AvgIpc) is 2.48. The van der Waals surface area contributed by atoms with E-state index in [1.54, 1.807) is 0 Å². The second kappa shape index (κ2) is 7.20. The molecule has 0 saturated heterocycles. The van der Waals surface area contributed by atoms with Crippen molar-refractivity contribution < 1.29 is 14.1 Å². The molecule has 0 aromatic heterocycles. The Morgan fingerprint density at radius 3 is 2.82 bits per heavy atom. The number of hydrogen-bond donors (Lipinski definition) is 2. The van der Waals surface area contributed by atoms with E-state index in [4.69, 9.17) is 0 Å². The van der Waals surface area contributed by atoms with Crippen LogP contribution >= 0.6 is 0 Å². The Labute approximate surface area is 128 Å². The minimum Gasteiger partial charge on any atom is -0.376 e. The number of halogens is 1. The van der Waals surface area contributed by atoms with Gasteiger partial charge in [0, 0.05) is 17.8 Å². The van der Waals surface area contributed by atoms with Gasteiger partial charge in [-0.25, -0.2) is 0 Å². The van der Waals surface area contributed by atoms with E-state index in [0.29, 0.717) is 11.6 Å². The number of carbonyl (C=O) groups is 1. The molecule has 2 N–H and O–H groups in total. The number of nitrogens with zero attached hydrogens (tertiary/aromatic N) is 1. The summed E-state index contributed by atoms with van der Waals surface area (Å²) in [6, 6.07) is 3.66. The van der Waals surface area contributed by atoms with Gasteiger partial charge in [0.15, 0.2) is 0 Å². The van der Waals surface area contributed by atoms with Gasteiger partial charge in [0.1, 0.15) is 0 Å². The van der Waals surface area contributed by atoms with Crippen LogP contribution in [-0.4, -0.2) is 23.4 Å². The standard InChI is InChI=1S/C15H20FN3O3/c1-10-4-2-3-5-13(10)18-15(20)9-17-11-6-7-12(16)14(8-11)19(21)22/h6-8,10,13,17H,2-5,9H2,1H3,(H,18,20). The van der Waals surface area contributed by atoms with Gasteiger partial charge in [-0.1, -0.05) is 19.8 Å². The van der Waals surface area contributed by atoms with Crippen molar-refractivity contribution in [2.75, 3.05) is 11.9 Å². The van der Waals surface area contributed by atoms with Crippen LogP contribution < -0.4 is 10.6 Å². The molecule has 1 saturated carbocycles. The number of amides is 1. The van der Waals surface area contributed by atoms with Crippen molar-refractivity contribution >= 4 is 17.3 Å². The molecule has 120 valence electrons. The molecular formula is C15H20FN3O3. The lowest BCUT2D eigenvalue weighted by atomic mass is 9.86. The lowest BCUT2D eigenvalue weighted by molar-refractivity contribution is -0.387. The number of benzene rings is 1. The van der Waals surface area contributed by atoms with Crippen LogP contribution in [0.15, 0.2) is 18.2 Å². The zero-order valence-electron chi connectivity index (χ0n) is 12.5. The molecular weight excluding hydrogens is 289 g/mol. The molecule has 2 rings (SSSR count). The quantitative estimate of drug-likeness (QED) is 0.647. The zero-order chi connectivity index (χ0) is 16.1. The van der Waals surface area contributed by atoms with Gasteiger partial charge >= 0.3 is 5.69 Å². The Kier molecular flexibility index (Phi) is 5.30. The van der Waals surface area contributed by atoms with Gasteiger partial charge in [-0.15, -0.1) is 0 Å². The molecule has 22 heavy (non-hydrogen) atoms. The maximum absolute atomic E-state index is 13.2. The third-order valence-corrected chi connectivity index (χ3v) is 4.05. The largest absolute Gasteiger partial charge is 0.376 e. The van der Waals surface area contributed by atoms with E-state index in [0.717, 1.165) is 31.4 Å². The van der Waals surface area contributed by atoms with Crippen molar-refractivity contribution in [3.05, 3.63) is 34.1 Å². The van der Waals surface area contributed by atoms with Crippen LogP contribution in [0.1, 0.15) is 32.6 Å². The summed E-state index contributed by atoms with van der Waals surface area (Å²) in [5, 5.41) is 16.4. The second-order valence-electron chi connectivity index (χ2n) is 5.71. The summed E-state index contributed by atoms with van der Waals surface area (Å²) in [6.07, 6.45) is 4.41. The van der Waals surface area contributed by atoms with Crippen LogP contribution in [0.5, 0.6) is 0 Å². The maximum atomic E-state index is 13.2. The Balaban J connectivity index is 1.88. The summed E-state index contributed by atoms with van der Waals surface area (Å²) in [7, 11) is 0. The number of carbonyl (C=O) groups excluding carboxylic acids is 1. The van der Waals surface area contributed by atoms with E-state index in [9.17, 15) is 19.3 Å². The second-order valence-corrected chi connectivity index (χ2v) is 5.71. The van der Waals surface area contributed by atoms with Crippen molar-refractivity contribution in [2.24, 2.45) is 5.92 Å². The van der Waals surface area contributed by atoms with Crippen molar-refractivity contribution in [2.45, 2.75) is 38.6 Å². The Morgan fingerprint density at radius 2 is 2.14 bits per heavy atom. The van der Waals surface area contributed by atoms with E-state index >= 15 is 0 Å². The fourth-order valence-electron chi connectivity index (χ4n) is 2.73. The first-order valence-corrected chi connectivity index (χ1v) is 7.44. The first kappa shape index (κ1) is 16.2. The summed E-state index contributed by atoms with van der Waals surface area (Å²) < 4.78 is 13.2. The van der Waals surface area contributed by atoms with Crippen molar-refractivity contribution in [1.29, 1.82) is 0 Å². The third-order valence-electron chi connectivity index (χ3n) is 4.05. The average molecular weight is 309 g/mol. The van der Waals surface area contributed by atoms with Gasteiger partial charge in [-0.2, -0.15) is 4.39 Å². The fraction of sp³-hybridized carbons (Fsp3) is 0.533. The SMILES string of the molecule is CC1CCCCC1NC(=O)CNc1ccc(F)c([N+](=O)[O-])c1. The molecule has 1 aliphatic carbocycles. The monoisotopic (exact) mass is 309 g/mol. The summed E-state index contributed by atoms with van der Waals surface area (Å²) >= 11 is 0. The van der Waals surface area contributed by atoms with Crippen LogP contribution in [0.3, 0.4) is 0 Å². The highest BCUT2D eigenvalue weighted by Crippen LogP contribution is 2.24. The van der Waals surface area contributed by atoms with Crippen LogP contribution in [0.25, 0.3) is 0 Å². The first-order valence-electron chi connectivity index (χ1n) is 7.44. The molecule has 7 heteroatoms. The highest BCUT2D eigenvalue weighted by molar-refractivity contribution is 5.81. The molecule has 0 aliphatic heterocycles. The number of nitro groups is 1. The Hall–Kier alpha value is -2.18. The van der Waals surface area contributed by atoms with Gasteiger partial charge in [0.2, 0.25) is 11.7 Å². The third kappa shape index (κ3) is 4.16. The molecule has 0 spiro atoms. The molecule has 1 fully saturated rings. The lowest BCUT2D eigenvalue weighted by Crippen LogP contribution is -2.43. The summed E-state index contributed by atoms with van der Waals surface area (Å²) in [5.41, 5.74) is -0.258. The zero-order valence-corrected chi connectivity index (χ0v) is 12.5. The number of hydrogen-bond acceptors (Lipinski definition) is 4. The van der Waals surface area contributed by atoms with E-state index in [-0.39, 0.29) is 18.5 Å². The minimum absolute atomic E-state index is 0.00596. The molecule has 1 aromatic carbocycles. The van der Waals surface area contributed by atoms with Gasteiger partial charge in [-0.3, -0.25) is 14.9 Å². The maximum Gasteiger partial charge on any atom is 0.306 e. The topological polar surface area (TPSA) is 84.3 Å². The van der Waals surface area contributed by atoms with Gasteiger partial charge in [0.25, 0.3) is 0 Å². The van der Waals surface area contributed by atoms with Crippen molar-refractivity contribution in [3.8, 4) is 0 Å². The number of rotatable bonds is 5. The van der Waals surface area contributed by atoms with E-state index < -0.39 is 16.4 Å². The summed E-state index contributed by atoms with van der Waals surface area (Å²) in [4.78, 5) is 21.8. The van der Waals surface area contributed by atoms with Gasteiger partial charge in [0.05, 0.1) is 11.5 Å². The molecule has 0 radical (unpaired) electrons. The summed E-state index contributed by atoms with van der Waals surface area (Å²) in [6.45, 7) is 2.13. The highest BCUT2D eigenvalue weighted by atomic mass is 19.1. The predicted octanol–water partition coefficient (Wildman–Crippen LogP) is 2.84. The number of anilines is 1. The molecule has 0 bridgehead atoms.